The van der Waals surface area contributed by atoms with Gasteiger partial charge in [-0.1, -0.05) is 60.5 Å². The van der Waals surface area contributed by atoms with Crippen molar-refractivity contribution in [2.24, 2.45) is 22.9 Å². The molecule has 7 rings (SSSR count). The minimum atomic E-state index is -1.46. The molecule has 61 heavy (non-hydrogen) atoms. The number of methoxy groups -OCH3 is 1. The second kappa shape index (κ2) is 21.5. The van der Waals surface area contributed by atoms with Gasteiger partial charge in [0.15, 0.2) is 0 Å². The fraction of sp³-hybridized carbons (Fsp3) is 0.542. The Morgan fingerprint density at radius 3 is 2.49 bits per heavy atom. The van der Waals surface area contributed by atoms with Crippen LogP contribution in [0.15, 0.2) is 90.1 Å². The third-order valence-electron chi connectivity index (χ3n) is 12.5. The van der Waals surface area contributed by atoms with Crippen molar-refractivity contribution < 1.29 is 53.4 Å². The molecule has 0 bridgehead atoms. The van der Waals surface area contributed by atoms with Gasteiger partial charge in [0.25, 0.3) is 0 Å². The Kier molecular flexibility index (Phi) is 15.7. The molecule has 2 aliphatic carbocycles. The number of hydrogen-bond acceptors (Lipinski definition) is 12. The average molecular weight is 843 g/mol. The molecule has 3 aromatic carbocycles. The Bertz CT molecular complexity index is 1980. The molecule has 3 aromatic rings. The maximum Gasteiger partial charge on any atom is 0.410 e. The van der Waals surface area contributed by atoms with Crippen molar-refractivity contribution in [2.75, 3.05) is 59.9 Å². The summed E-state index contributed by atoms with van der Waals surface area (Å²) in [6.07, 6.45) is 10.3. The molecule has 1 unspecified atom stereocenters. The van der Waals surface area contributed by atoms with Gasteiger partial charge in [-0.15, -0.1) is 6.58 Å². The summed E-state index contributed by atoms with van der Waals surface area (Å²) >= 11 is 0. The third kappa shape index (κ3) is 10.1. The van der Waals surface area contributed by atoms with Gasteiger partial charge in [0.05, 0.1) is 51.8 Å². The molecule has 1 amide bonds. The number of ether oxygens (including phenoxy) is 6. The maximum atomic E-state index is 14.0. The van der Waals surface area contributed by atoms with Gasteiger partial charge < -0.3 is 48.6 Å². The van der Waals surface area contributed by atoms with E-state index in [1.807, 2.05) is 36.4 Å². The number of carbonyl (C=O) groups excluding carboxylic acids is 1. The quantitative estimate of drug-likeness (QED) is 0.0545. The number of allylic oxidation sites excluding steroid dienone is 1. The van der Waals surface area contributed by atoms with E-state index in [1.165, 1.54) is 7.11 Å². The molecule has 2 heterocycles. The first-order valence-electron chi connectivity index (χ1n) is 22.0. The van der Waals surface area contributed by atoms with Crippen LogP contribution in [0.1, 0.15) is 75.7 Å². The van der Waals surface area contributed by atoms with Crippen LogP contribution in [0.5, 0.6) is 17.2 Å². The number of amides is 1. The van der Waals surface area contributed by atoms with Crippen molar-refractivity contribution in [1.29, 1.82) is 0 Å². The Morgan fingerprint density at radius 1 is 0.951 bits per heavy atom. The summed E-state index contributed by atoms with van der Waals surface area (Å²) < 4.78 is 38.1. The van der Waals surface area contributed by atoms with Crippen LogP contribution >= 0.6 is 0 Å². The van der Waals surface area contributed by atoms with Gasteiger partial charge >= 0.3 is 6.09 Å². The van der Waals surface area contributed by atoms with Crippen molar-refractivity contribution in [1.82, 2.24) is 4.90 Å². The number of benzene rings is 3. The third-order valence-corrected chi connectivity index (χ3v) is 12.5. The Morgan fingerprint density at radius 2 is 1.74 bits per heavy atom. The molecule has 2 aliphatic heterocycles. The molecule has 1 saturated heterocycles. The summed E-state index contributed by atoms with van der Waals surface area (Å²) in [5, 5.41) is 36.5. The molecule has 1 saturated carbocycles. The van der Waals surface area contributed by atoms with Crippen LogP contribution in [-0.2, 0) is 23.8 Å². The zero-order chi connectivity index (χ0) is 42.6. The van der Waals surface area contributed by atoms with Crippen LogP contribution in [-0.4, -0.2) is 110 Å². The van der Waals surface area contributed by atoms with E-state index in [2.05, 4.69) is 36.9 Å². The lowest BCUT2D eigenvalue weighted by atomic mass is 9.55. The number of fused-ring (bicyclic) bond motifs is 3. The maximum absolute atomic E-state index is 14.0. The number of carbonyl (C=O) groups is 1. The summed E-state index contributed by atoms with van der Waals surface area (Å²) in [4.78, 5) is 21.8. The average Bonchev–Trinajstić information content (AvgIpc) is 3.29. The molecule has 2 fully saturated rings. The molecule has 4 aliphatic rings. The standard InChI is InChI=1S/C48H62N2O11/c1-3-25-58-48-43(50(47(54)55-2)21-27-56-28-24-53)32-41(49-61-44-16-8-11-26-57-44)39-30-35(14-6-9-22-51)38(15-7-10-23-52)45(46(39)48)40-31-37(19-20-42(40)60-48)59-36-18-17-33-12-4-5-13-34(33)29-36/h3-5,12-13,17-20,29-31,35,38,43-46,51-53H,1,6-11,14-16,21-28,32H2,2H3/t35-,38+,43-,44?,45+,46+,48+/m0/s1. The number of aliphatic hydroxyl groups excluding tert-OH is 3. The SMILES string of the molecule is C=CCO[C@@]12Oc3ccc(Oc4ccc5ccccc5c4)cc3[C@H]3[C@H](CCCCO)[C@@H](CCCCO)C=C(C(=NOC4CCCCO4)C[C@@H]1N(CCOCCO)C(=O)OC)[C@H]32. The van der Waals surface area contributed by atoms with Crippen molar-refractivity contribution in [3.8, 4) is 17.2 Å². The molecule has 13 nitrogen and oxygen atoms in total. The van der Waals surface area contributed by atoms with Gasteiger partial charge in [0, 0.05) is 44.1 Å². The number of rotatable bonds is 21. The summed E-state index contributed by atoms with van der Waals surface area (Å²) in [6, 6.07) is 19.3. The fourth-order valence-corrected chi connectivity index (χ4v) is 9.82. The van der Waals surface area contributed by atoms with Gasteiger partial charge in [0.1, 0.15) is 23.3 Å². The van der Waals surface area contributed by atoms with Gasteiger partial charge in [0.2, 0.25) is 12.1 Å². The lowest BCUT2D eigenvalue weighted by Gasteiger charge is -2.59. The van der Waals surface area contributed by atoms with Crippen molar-refractivity contribution in [2.45, 2.75) is 88.2 Å². The summed E-state index contributed by atoms with van der Waals surface area (Å²) in [7, 11) is 1.35. The minimum Gasteiger partial charge on any atom is -0.459 e. The highest BCUT2D eigenvalue weighted by atomic mass is 16.8. The molecule has 330 valence electrons. The van der Waals surface area contributed by atoms with E-state index in [9.17, 15) is 20.1 Å². The molecular weight excluding hydrogens is 781 g/mol. The predicted molar refractivity (Wildman–Crippen MR) is 231 cm³/mol. The van der Waals surface area contributed by atoms with Gasteiger partial charge in [-0.3, -0.25) is 4.90 Å². The second-order valence-electron chi connectivity index (χ2n) is 16.3. The lowest BCUT2D eigenvalue weighted by Crippen LogP contribution is -2.70. The van der Waals surface area contributed by atoms with Crippen molar-refractivity contribution in [3.05, 3.63) is 90.5 Å². The molecule has 13 heteroatoms. The first-order valence-corrected chi connectivity index (χ1v) is 22.0. The van der Waals surface area contributed by atoms with E-state index in [1.54, 1.807) is 11.0 Å². The van der Waals surface area contributed by atoms with E-state index in [0.717, 1.165) is 60.4 Å². The van der Waals surface area contributed by atoms with E-state index in [-0.39, 0.29) is 70.4 Å². The van der Waals surface area contributed by atoms with E-state index >= 15 is 0 Å². The minimum absolute atomic E-state index is 0.0336. The zero-order valence-electron chi connectivity index (χ0n) is 35.3. The highest BCUT2D eigenvalue weighted by Gasteiger charge is 2.65. The van der Waals surface area contributed by atoms with Crippen LogP contribution in [0.4, 0.5) is 4.79 Å². The normalized spacial score (nSPS) is 26.1. The predicted octanol–water partition coefficient (Wildman–Crippen LogP) is 7.87. The van der Waals surface area contributed by atoms with Crippen LogP contribution < -0.4 is 9.47 Å². The molecule has 7 atom stereocenters. The van der Waals surface area contributed by atoms with Gasteiger partial charge in [-0.25, -0.2) is 4.79 Å². The Labute approximate surface area is 358 Å². The van der Waals surface area contributed by atoms with E-state index in [4.69, 9.17) is 38.4 Å². The van der Waals surface area contributed by atoms with Crippen LogP contribution in [0.2, 0.25) is 0 Å². The first kappa shape index (κ1) is 44.6. The summed E-state index contributed by atoms with van der Waals surface area (Å²) in [5.41, 5.74) is 2.52. The van der Waals surface area contributed by atoms with Gasteiger partial charge in [-0.05, 0) is 97.0 Å². The molecule has 0 aromatic heterocycles. The zero-order valence-corrected chi connectivity index (χ0v) is 35.3. The highest BCUT2D eigenvalue weighted by Crippen LogP contribution is 2.62. The molecule has 3 N–H and O–H groups in total. The molecular formula is C48H62N2O11. The summed E-state index contributed by atoms with van der Waals surface area (Å²) in [5.74, 6) is -0.158. The number of hydrogen-bond donors (Lipinski definition) is 3. The van der Waals surface area contributed by atoms with Crippen LogP contribution in [0, 0.1) is 17.8 Å². The lowest BCUT2D eigenvalue weighted by molar-refractivity contribution is -0.256. The number of unbranched alkanes of at least 4 members (excludes halogenated alkanes) is 2. The van der Waals surface area contributed by atoms with E-state index < -0.39 is 30.1 Å². The number of oxime groups is 1. The molecule has 0 spiro atoms. The largest absolute Gasteiger partial charge is 0.459 e. The van der Waals surface area contributed by atoms with Gasteiger partial charge in [-0.2, -0.15) is 0 Å². The highest BCUT2D eigenvalue weighted by molar-refractivity contribution is 6.03. The van der Waals surface area contributed by atoms with Crippen molar-refractivity contribution >= 4 is 22.6 Å². The Hall–Kier alpha value is -4.50. The van der Waals surface area contributed by atoms with Crippen LogP contribution in [0.3, 0.4) is 0 Å². The summed E-state index contributed by atoms with van der Waals surface area (Å²) in [6.45, 7) is 5.09. The molecule has 0 radical (unpaired) electrons. The van der Waals surface area contributed by atoms with Crippen molar-refractivity contribution in [3.63, 3.8) is 0 Å². The Balaban J connectivity index is 1.41. The first-order chi connectivity index (χ1) is 29.9. The topological polar surface area (TPSA) is 158 Å². The smallest absolute Gasteiger partial charge is 0.410 e. The number of nitrogens with zero attached hydrogens (tertiary/aromatic N) is 2. The number of aliphatic hydroxyl groups is 3. The monoisotopic (exact) mass is 842 g/mol. The van der Waals surface area contributed by atoms with Crippen LogP contribution in [0.25, 0.3) is 10.8 Å². The second-order valence-corrected chi connectivity index (χ2v) is 16.3. The fourth-order valence-electron chi connectivity index (χ4n) is 9.82. The van der Waals surface area contributed by atoms with E-state index in [0.29, 0.717) is 48.8 Å².